The number of rotatable bonds is 3. The molecule has 6 nitrogen and oxygen atoms in total. The number of carbonyl (C=O) groups is 1. The van der Waals surface area contributed by atoms with Gasteiger partial charge in [-0.2, -0.15) is 18.3 Å². The van der Waals surface area contributed by atoms with Crippen LogP contribution in [0, 0.1) is 11.6 Å². The third kappa shape index (κ3) is 3.42. The van der Waals surface area contributed by atoms with Crippen LogP contribution in [0.15, 0.2) is 47.2 Å². The molecule has 0 saturated heterocycles. The van der Waals surface area contributed by atoms with E-state index in [0.717, 1.165) is 36.7 Å². The fourth-order valence-electron chi connectivity index (χ4n) is 2.75. The Hall–Kier alpha value is -3.76. The van der Waals surface area contributed by atoms with E-state index in [1.807, 2.05) is 0 Å². The SMILES string of the molecule is O=C(Nc1cc(C(F)(F)F)c2cn[nH]c2c1)c1coc(-c2c(F)cccc2F)n1. The molecule has 2 aromatic carbocycles. The zero-order chi connectivity index (χ0) is 20.8. The molecular formula is C18H9F5N4O2. The zero-order valence-corrected chi connectivity index (χ0v) is 14.1. The van der Waals surface area contributed by atoms with Gasteiger partial charge in [-0.3, -0.25) is 9.89 Å². The Balaban J connectivity index is 1.65. The highest BCUT2D eigenvalue weighted by atomic mass is 19.4. The van der Waals surface area contributed by atoms with Crippen molar-refractivity contribution in [1.29, 1.82) is 0 Å². The molecule has 0 fully saturated rings. The van der Waals surface area contributed by atoms with Crippen molar-refractivity contribution in [3.05, 3.63) is 65.7 Å². The lowest BCUT2D eigenvalue weighted by molar-refractivity contribution is -0.136. The van der Waals surface area contributed by atoms with Crippen LogP contribution >= 0.6 is 0 Å². The van der Waals surface area contributed by atoms with Gasteiger partial charge in [0.15, 0.2) is 5.69 Å². The molecule has 0 unspecified atom stereocenters. The van der Waals surface area contributed by atoms with Crippen LogP contribution in [0.3, 0.4) is 0 Å². The van der Waals surface area contributed by atoms with Crippen molar-refractivity contribution in [2.75, 3.05) is 5.32 Å². The molecule has 0 aliphatic rings. The predicted molar refractivity (Wildman–Crippen MR) is 90.9 cm³/mol. The first kappa shape index (κ1) is 18.6. The van der Waals surface area contributed by atoms with Crippen molar-refractivity contribution in [2.45, 2.75) is 6.18 Å². The highest BCUT2D eigenvalue weighted by Crippen LogP contribution is 2.36. The molecule has 0 atom stereocenters. The summed E-state index contributed by atoms with van der Waals surface area (Å²) in [5.41, 5.74) is -2.05. The number of amides is 1. The number of hydrogen-bond donors (Lipinski definition) is 2. The molecule has 4 aromatic rings. The van der Waals surface area contributed by atoms with Crippen molar-refractivity contribution in [2.24, 2.45) is 0 Å². The van der Waals surface area contributed by atoms with Crippen LogP contribution in [0.2, 0.25) is 0 Å². The monoisotopic (exact) mass is 408 g/mol. The molecule has 4 rings (SSSR count). The topological polar surface area (TPSA) is 83.8 Å². The standard InChI is InChI=1S/C18H9F5N4O2/c19-11-2-1-3-12(20)15(11)17-26-14(7-29-17)16(28)25-8-4-10(18(21,22)23)9-6-24-27-13(9)5-8/h1-7H,(H,24,27)(H,25,28). The summed E-state index contributed by atoms with van der Waals surface area (Å²) < 4.78 is 72.3. The Labute approximate surface area is 158 Å². The second kappa shape index (κ2) is 6.69. The van der Waals surface area contributed by atoms with Gasteiger partial charge in [-0.25, -0.2) is 13.8 Å². The summed E-state index contributed by atoms with van der Waals surface area (Å²) in [6, 6.07) is 5.12. The summed E-state index contributed by atoms with van der Waals surface area (Å²) in [6.45, 7) is 0. The van der Waals surface area contributed by atoms with Gasteiger partial charge in [0.25, 0.3) is 5.91 Å². The highest BCUT2D eigenvalue weighted by molar-refractivity contribution is 6.04. The number of oxazole rings is 1. The Morgan fingerprint density at radius 1 is 1.14 bits per heavy atom. The van der Waals surface area contributed by atoms with Gasteiger partial charge >= 0.3 is 6.18 Å². The maximum absolute atomic E-state index is 13.8. The minimum atomic E-state index is -4.67. The number of H-pyrrole nitrogens is 1. The Kier molecular flexibility index (Phi) is 4.29. The van der Waals surface area contributed by atoms with E-state index in [1.54, 1.807) is 0 Å². The van der Waals surface area contributed by atoms with Crippen molar-refractivity contribution in [3.63, 3.8) is 0 Å². The maximum atomic E-state index is 13.8. The number of aromatic nitrogens is 3. The van der Waals surface area contributed by atoms with Crippen LogP contribution in [-0.2, 0) is 6.18 Å². The number of carbonyl (C=O) groups excluding carboxylic acids is 1. The molecule has 148 valence electrons. The molecule has 1 amide bonds. The number of fused-ring (bicyclic) bond motifs is 1. The first-order valence-corrected chi connectivity index (χ1v) is 7.99. The molecular weight excluding hydrogens is 399 g/mol. The summed E-state index contributed by atoms with van der Waals surface area (Å²) in [6.07, 6.45) is -2.81. The van der Waals surface area contributed by atoms with Gasteiger partial charge in [-0.1, -0.05) is 6.07 Å². The van der Waals surface area contributed by atoms with E-state index in [2.05, 4.69) is 20.5 Å². The minimum absolute atomic E-state index is 0.0596. The second-order valence-electron chi connectivity index (χ2n) is 5.94. The lowest BCUT2D eigenvalue weighted by Gasteiger charge is -2.11. The quantitative estimate of drug-likeness (QED) is 0.479. The van der Waals surface area contributed by atoms with Crippen LogP contribution in [-0.4, -0.2) is 21.1 Å². The van der Waals surface area contributed by atoms with Gasteiger partial charge in [0.2, 0.25) is 5.89 Å². The molecule has 2 N–H and O–H groups in total. The first-order chi connectivity index (χ1) is 13.7. The summed E-state index contributed by atoms with van der Waals surface area (Å²) in [7, 11) is 0. The molecule has 0 bridgehead atoms. The van der Waals surface area contributed by atoms with Crippen molar-refractivity contribution >= 4 is 22.5 Å². The number of nitrogens with zero attached hydrogens (tertiary/aromatic N) is 2. The largest absolute Gasteiger partial charge is 0.443 e. The van der Waals surface area contributed by atoms with E-state index in [0.29, 0.717) is 0 Å². The van der Waals surface area contributed by atoms with E-state index >= 15 is 0 Å². The average Bonchev–Trinajstić information content (AvgIpc) is 3.29. The van der Waals surface area contributed by atoms with E-state index in [-0.39, 0.29) is 22.3 Å². The molecule has 29 heavy (non-hydrogen) atoms. The van der Waals surface area contributed by atoms with Gasteiger partial charge in [-0.05, 0) is 24.3 Å². The maximum Gasteiger partial charge on any atom is 0.417 e. The minimum Gasteiger partial charge on any atom is -0.443 e. The number of nitrogens with one attached hydrogen (secondary N) is 2. The molecule has 0 spiro atoms. The molecule has 0 aliphatic heterocycles. The van der Waals surface area contributed by atoms with Crippen LogP contribution in [0.25, 0.3) is 22.4 Å². The zero-order valence-electron chi connectivity index (χ0n) is 14.1. The molecule has 11 heteroatoms. The number of hydrogen-bond acceptors (Lipinski definition) is 4. The average molecular weight is 408 g/mol. The molecule has 2 aromatic heterocycles. The highest BCUT2D eigenvalue weighted by Gasteiger charge is 2.34. The van der Waals surface area contributed by atoms with Crippen LogP contribution in [0.5, 0.6) is 0 Å². The van der Waals surface area contributed by atoms with Crippen molar-refractivity contribution in [3.8, 4) is 11.5 Å². The van der Waals surface area contributed by atoms with E-state index in [1.165, 1.54) is 6.07 Å². The van der Waals surface area contributed by atoms with E-state index in [9.17, 15) is 26.7 Å². The predicted octanol–water partition coefficient (Wildman–Crippen LogP) is 4.77. The van der Waals surface area contributed by atoms with E-state index < -0.39 is 40.7 Å². The van der Waals surface area contributed by atoms with Gasteiger partial charge in [-0.15, -0.1) is 0 Å². The first-order valence-electron chi connectivity index (χ1n) is 7.99. The number of benzene rings is 2. The van der Waals surface area contributed by atoms with Crippen LogP contribution in [0.1, 0.15) is 16.1 Å². The fourth-order valence-corrected chi connectivity index (χ4v) is 2.75. The Morgan fingerprint density at radius 2 is 1.86 bits per heavy atom. The van der Waals surface area contributed by atoms with Crippen LogP contribution < -0.4 is 5.32 Å². The summed E-state index contributed by atoms with van der Waals surface area (Å²) >= 11 is 0. The summed E-state index contributed by atoms with van der Waals surface area (Å²) in [4.78, 5) is 16.1. The molecule has 0 aliphatic carbocycles. The number of alkyl halides is 3. The van der Waals surface area contributed by atoms with Gasteiger partial charge < -0.3 is 9.73 Å². The second-order valence-corrected chi connectivity index (χ2v) is 5.94. The normalized spacial score (nSPS) is 11.8. The third-order valence-corrected chi connectivity index (χ3v) is 4.04. The van der Waals surface area contributed by atoms with Gasteiger partial charge in [0.05, 0.1) is 17.3 Å². The van der Waals surface area contributed by atoms with Crippen LogP contribution in [0.4, 0.5) is 27.6 Å². The lowest BCUT2D eigenvalue weighted by Crippen LogP contribution is -2.14. The number of anilines is 1. The summed E-state index contributed by atoms with van der Waals surface area (Å²) in [5.74, 6) is -3.30. The number of aromatic amines is 1. The van der Waals surface area contributed by atoms with E-state index in [4.69, 9.17) is 4.42 Å². The third-order valence-electron chi connectivity index (χ3n) is 4.04. The van der Waals surface area contributed by atoms with Gasteiger partial charge in [0.1, 0.15) is 23.5 Å². The smallest absolute Gasteiger partial charge is 0.417 e. The van der Waals surface area contributed by atoms with Crippen molar-refractivity contribution < 1.29 is 31.2 Å². The molecule has 0 radical (unpaired) electrons. The Morgan fingerprint density at radius 3 is 2.55 bits per heavy atom. The lowest BCUT2D eigenvalue weighted by atomic mass is 10.1. The molecule has 0 saturated carbocycles. The fraction of sp³-hybridized carbons (Fsp3) is 0.0556. The number of halogens is 5. The van der Waals surface area contributed by atoms with Crippen molar-refractivity contribution in [1.82, 2.24) is 15.2 Å². The Bertz CT molecular complexity index is 1210. The molecule has 2 heterocycles. The summed E-state index contributed by atoms with van der Waals surface area (Å²) in [5, 5.41) is 8.07. The van der Waals surface area contributed by atoms with Gasteiger partial charge in [0, 0.05) is 11.1 Å².